The molecule has 0 amide bonds. The largest absolute Gasteiger partial charge is 0.330 e. The minimum Gasteiger partial charge on any atom is -0.330 e. The van der Waals surface area contributed by atoms with Crippen LogP contribution in [-0.4, -0.2) is 37.0 Å². The number of nitrogens with two attached hydrogens (primary N) is 1. The molecule has 1 rings (SSSR count). The van der Waals surface area contributed by atoms with E-state index in [1.165, 1.54) is 0 Å². The average molecular weight is 206 g/mol. The Kier molecular flexibility index (Phi) is 4.26. The number of halogens is 2. The van der Waals surface area contributed by atoms with Gasteiger partial charge >= 0.3 is 0 Å². The molecule has 1 fully saturated rings. The standard InChI is InChI=1S/C10H20F2N2/c1-10(11,12)9-4-2-6-14(8-9)7-3-5-13/h9H,2-8,13H2,1H3/t9-/m0/s1. The zero-order valence-corrected chi connectivity index (χ0v) is 8.81. The first-order valence-corrected chi connectivity index (χ1v) is 5.34. The van der Waals surface area contributed by atoms with Crippen LogP contribution in [0.4, 0.5) is 8.78 Å². The summed E-state index contributed by atoms with van der Waals surface area (Å²) in [5, 5.41) is 0. The zero-order chi connectivity index (χ0) is 10.6. The van der Waals surface area contributed by atoms with Gasteiger partial charge in [0, 0.05) is 12.5 Å². The smallest absolute Gasteiger partial charge is 0.249 e. The van der Waals surface area contributed by atoms with E-state index in [0.29, 0.717) is 19.5 Å². The van der Waals surface area contributed by atoms with Gasteiger partial charge in [0.2, 0.25) is 5.92 Å². The lowest BCUT2D eigenvalue weighted by molar-refractivity contribution is -0.0661. The van der Waals surface area contributed by atoms with Gasteiger partial charge in [-0.05, 0) is 45.8 Å². The highest BCUT2D eigenvalue weighted by Crippen LogP contribution is 2.31. The van der Waals surface area contributed by atoms with Crippen LogP contribution in [0.2, 0.25) is 0 Å². The number of likely N-dealkylation sites (tertiary alicyclic amines) is 1. The third-order valence-electron chi connectivity index (χ3n) is 2.90. The Morgan fingerprint density at radius 2 is 2.21 bits per heavy atom. The number of piperidine rings is 1. The van der Waals surface area contributed by atoms with E-state index in [4.69, 9.17) is 5.73 Å². The van der Waals surface area contributed by atoms with E-state index < -0.39 is 11.8 Å². The molecule has 0 aromatic rings. The molecule has 1 aliphatic rings. The Hall–Kier alpha value is -0.220. The number of rotatable bonds is 4. The van der Waals surface area contributed by atoms with Crippen molar-refractivity contribution < 1.29 is 8.78 Å². The third kappa shape index (κ3) is 3.50. The third-order valence-corrected chi connectivity index (χ3v) is 2.90. The Labute approximate surface area is 84.4 Å². The van der Waals surface area contributed by atoms with Crippen molar-refractivity contribution in [2.24, 2.45) is 11.7 Å². The average Bonchev–Trinajstić information content (AvgIpc) is 2.14. The summed E-state index contributed by atoms with van der Waals surface area (Å²) in [7, 11) is 0. The van der Waals surface area contributed by atoms with Gasteiger partial charge in [-0.3, -0.25) is 0 Å². The van der Waals surface area contributed by atoms with Crippen LogP contribution in [0.15, 0.2) is 0 Å². The van der Waals surface area contributed by atoms with Crippen LogP contribution in [0.1, 0.15) is 26.2 Å². The number of nitrogens with zero attached hydrogens (tertiary/aromatic N) is 1. The van der Waals surface area contributed by atoms with Gasteiger partial charge in [0.25, 0.3) is 0 Å². The summed E-state index contributed by atoms with van der Waals surface area (Å²) in [4.78, 5) is 2.11. The predicted molar refractivity (Wildman–Crippen MR) is 53.5 cm³/mol. The van der Waals surface area contributed by atoms with Crippen LogP contribution in [0.3, 0.4) is 0 Å². The van der Waals surface area contributed by atoms with E-state index in [1.807, 2.05) is 0 Å². The van der Waals surface area contributed by atoms with Crippen molar-refractivity contribution in [3.8, 4) is 0 Å². The Balaban J connectivity index is 2.36. The minimum atomic E-state index is -2.53. The summed E-state index contributed by atoms with van der Waals surface area (Å²) in [6, 6.07) is 0. The second kappa shape index (κ2) is 5.03. The maximum atomic E-state index is 13.1. The van der Waals surface area contributed by atoms with Gasteiger partial charge in [-0.25, -0.2) is 8.78 Å². The summed E-state index contributed by atoms with van der Waals surface area (Å²) < 4.78 is 26.1. The molecule has 84 valence electrons. The van der Waals surface area contributed by atoms with Crippen molar-refractivity contribution in [1.82, 2.24) is 4.90 Å². The number of alkyl halides is 2. The van der Waals surface area contributed by atoms with E-state index in [9.17, 15) is 8.78 Å². The van der Waals surface area contributed by atoms with E-state index in [2.05, 4.69) is 4.90 Å². The minimum absolute atomic E-state index is 0.464. The van der Waals surface area contributed by atoms with Gasteiger partial charge < -0.3 is 10.6 Å². The van der Waals surface area contributed by atoms with Crippen LogP contribution in [0.25, 0.3) is 0 Å². The molecule has 1 aliphatic heterocycles. The van der Waals surface area contributed by atoms with Crippen LogP contribution >= 0.6 is 0 Å². The topological polar surface area (TPSA) is 29.3 Å². The molecule has 0 aromatic carbocycles. The summed E-state index contributed by atoms with van der Waals surface area (Å²) in [5.74, 6) is -2.99. The van der Waals surface area contributed by atoms with Crippen molar-refractivity contribution >= 4 is 0 Å². The zero-order valence-electron chi connectivity index (χ0n) is 8.81. The maximum Gasteiger partial charge on any atom is 0.249 e. The first kappa shape index (κ1) is 11.9. The van der Waals surface area contributed by atoms with Gasteiger partial charge in [-0.2, -0.15) is 0 Å². The van der Waals surface area contributed by atoms with Crippen molar-refractivity contribution in [1.29, 1.82) is 0 Å². The molecule has 2 N–H and O–H groups in total. The molecule has 2 nitrogen and oxygen atoms in total. The molecular weight excluding hydrogens is 186 g/mol. The second-order valence-electron chi connectivity index (χ2n) is 4.24. The van der Waals surface area contributed by atoms with E-state index in [-0.39, 0.29) is 0 Å². The SMILES string of the molecule is CC(F)(F)[C@H]1CCCN(CCCN)C1. The summed E-state index contributed by atoms with van der Waals surface area (Å²) in [5.41, 5.74) is 5.39. The molecule has 0 bridgehead atoms. The summed E-state index contributed by atoms with van der Waals surface area (Å²) in [6.45, 7) is 4.02. The van der Waals surface area contributed by atoms with Crippen molar-refractivity contribution in [3.63, 3.8) is 0 Å². The molecule has 0 radical (unpaired) electrons. The van der Waals surface area contributed by atoms with E-state index in [1.54, 1.807) is 0 Å². The molecule has 0 aliphatic carbocycles. The van der Waals surface area contributed by atoms with E-state index >= 15 is 0 Å². The molecular formula is C10H20F2N2. The molecule has 1 saturated heterocycles. The first-order chi connectivity index (χ1) is 6.54. The van der Waals surface area contributed by atoms with Crippen molar-refractivity contribution in [2.75, 3.05) is 26.2 Å². The van der Waals surface area contributed by atoms with Crippen LogP contribution in [0.5, 0.6) is 0 Å². The van der Waals surface area contributed by atoms with Gasteiger partial charge in [-0.15, -0.1) is 0 Å². The fraction of sp³-hybridized carbons (Fsp3) is 1.00. The highest BCUT2D eigenvalue weighted by molar-refractivity contribution is 4.80. The Morgan fingerprint density at radius 1 is 1.50 bits per heavy atom. The lowest BCUT2D eigenvalue weighted by atomic mass is 9.92. The molecule has 0 saturated carbocycles. The van der Waals surface area contributed by atoms with Gasteiger partial charge in [0.1, 0.15) is 0 Å². The monoisotopic (exact) mass is 206 g/mol. The second-order valence-corrected chi connectivity index (χ2v) is 4.24. The summed E-state index contributed by atoms with van der Waals surface area (Å²) >= 11 is 0. The summed E-state index contributed by atoms with van der Waals surface area (Å²) in [6.07, 6.45) is 2.45. The molecule has 1 atom stereocenters. The quantitative estimate of drug-likeness (QED) is 0.758. The van der Waals surface area contributed by atoms with Crippen LogP contribution in [0, 0.1) is 5.92 Å². The Bertz CT molecular complexity index is 168. The van der Waals surface area contributed by atoms with Crippen molar-refractivity contribution in [2.45, 2.75) is 32.1 Å². The lowest BCUT2D eigenvalue weighted by Gasteiger charge is -2.35. The lowest BCUT2D eigenvalue weighted by Crippen LogP contribution is -2.42. The fourth-order valence-corrected chi connectivity index (χ4v) is 1.99. The first-order valence-electron chi connectivity index (χ1n) is 5.34. The maximum absolute atomic E-state index is 13.1. The Morgan fingerprint density at radius 3 is 2.79 bits per heavy atom. The van der Waals surface area contributed by atoms with Gasteiger partial charge in [0.05, 0.1) is 0 Å². The highest BCUT2D eigenvalue weighted by atomic mass is 19.3. The van der Waals surface area contributed by atoms with Crippen LogP contribution < -0.4 is 5.73 Å². The van der Waals surface area contributed by atoms with Gasteiger partial charge in [0.15, 0.2) is 0 Å². The molecule has 0 aromatic heterocycles. The molecule has 4 heteroatoms. The molecule has 1 heterocycles. The highest BCUT2D eigenvalue weighted by Gasteiger charge is 2.36. The van der Waals surface area contributed by atoms with Crippen LogP contribution in [-0.2, 0) is 0 Å². The molecule has 14 heavy (non-hydrogen) atoms. The number of hydrogen-bond acceptors (Lipinski definition) is 2. The normalized spacial score (nSPS) is 25.3. The predicted octanol–water partition coefficient (Wildman–Crippen LogP) is 1.70. The van der Waals surface area contributed by atoms with Crippen molar-refractivity contribution in [3.05, 3.63) is 0 Å². The number of hydrogen-bond donors (Lipinski definition) is 1. The molecule has 0 unspecified atom stereocenters. The van der Waals surface area contributed by atoms with Gasteiger partial charge in [-0.1, -0.05) is 0 Å². The molecule has 0 spiro atoms. The fourth-order valence-electron chi connectivity index (χ4n) is 1.99. The van der Waals surface area contributed by atoms with E-state index in [0.717, 1.165) is 32.9 Å².